The Balaban J connectivity index is 2.05. The molecule has 0 aromatic carbocycles. The fourth-order valence-electron chi connectivity index (χ4n) is 2.15. The lowest BCUT2D eigenvalue weighted by atomic mass is 10.1. The average molecular weight is 257 g/mol. The molecule has 6 nitrogen and oxygen atoms in total. The molecule has 1 aromatic rings. The molecule has 2 N–H and O–H groups in total. The molecule has 0 spiro atoms. The molecule has 17 heavy (non-hydrogen) atoms. The van der Waals surface area contributed by atoms with Crippen molar-refractivity contribution < 1.29 is 9.90 Å². The van der Waals surface area contributed by atoms with E-state index in [2.05, 4.69) is 10.2 Å². The smallest absolute Gasteiger partial charge is 0.343 e. The van der Waals surface area contributed by atoms with Crippen LogP contribution < -0.4 is 5.69 Å². The summed E-state index contributed by atoms with van der Waals surface area (Å²) in [7, 11) is 0. The standard InChI is InChI=1S/C10H15N3O3S/c14-8(15)6-17-10-12-11-9(16)13(10)5-7-3-1-2-4-7/h7H,1-6H2,(H,11,16)(H,14,15). The van der Waals surface area contributed by atoms with E-state index in [9.17, 15) is 9.59 Å². The van der Waals surface area contributed by atoms with Crippen LogP contribution in [0.4, 0.5) is 0 Å². The Morgan fingerprint density at radius 1 is 1.53 bits per heavy atom. The second-order valence-electron chi connectivity index (χ2n) is 4.25. The summed E-state index contributed by atoms with van der Waals surface area (Å²) in [4.78, 5) is 22.0. The quantitative estimate of drug-likeness (QED) is 0.766. The van der Waals surface area contributed by atoms with Crippen LogP contribution in [-0.2, 0) is 11.3 Å². The lowest BCUT2D eigenvalue weighted by molar-refractivity contribution is -0.133. The summed E-state index contributed by atoms with van der Waals surface area (Å²) < 4.78 is 1.56. The molecular formula is C10H15N3O3S. The molecule has 2 rings (SSSR count). The fraction of sp³-hybridized carbons (Fsp3) is 0.700. The normalized spacial score (nSPS) is 16.5. The van der Waals surface area contributed by atoms with Gasteiger partial charge in [0.1, 0.15) is 0 Å². The van der Waals surface area contributed by atoms with Crippen molar-refractivity contribution in [2.45, 2.75) is 37.4 Å². The Labute approximate surface area is 102 Å². The van der Waals surface area contributed by atoms with Crippen LogP contribution >= 0.6 is 11.8 Å². The third kappa shape index (κ3) is 3.12. The first kappa shape index (κ1) is 12.2. The van der Waals surface area contributed by atoms with Crippen molar-refractivity contribution in [3.63, 3.8) is 0 Å². The van der Waals surface area contributed by atoms with Gasteiger partial charge < -0.3 is 5.11 Å². The minimum Gasteiger partial charge on any atom is -0.481 e. The van der Waals surface area contributed by atoms with E-state index in [4.69, 9.17) is 5.11 Å². The summed E-state index contributed by atoms with van der Waals surface area (Å²) in [6, 6.07) is 0. The van der Waals surface area contributed by atoms with Gasteiger partial charge in [-0.05, 0) is 18.8 Å². The van der Waals surface area contributed by atoms with Crippen molar-refractivity contribution in [2.24, 2.45) is 5.92 Å². The molecule has 0 bridgehead atoms. The van der Waals surface area contributed by atoms with E-state index in [0.717, 1.165) is 24.6 Å². The molecule has 0 unspecified atom stereocenters. The maximum absolute atomic E-state index is 11.6. The largest absolute Gasteiger partial charge is 0.481 e. The zero-order chi connectivity index (χ0) is 12.3. The second kappa shape index (κ2) is 5.39. The van der Waals surface area contributed by atoms with Gasteiger partial charge in [0, 0.05) is 6.54 Å². The van der Waals surface area contributed by atoms with E-state index in [-0.39, 0.29) is 11.4 Å². The molecule has 1 aliphatic carbocycles. The van der Waals surface area contributed by atoms with E-state index in [0.29, 0.717) is 17.6 Å². The highest BCUT2D eigenvalue weighted by atomic mass is 32.2. The molecule has 1 aromatic heterocycles. The number of aromatic amines is 1. The number of hydrogen-bond acceptors (Lipinski definition) is 4. The maximum Gasteiger partial charge on any atom is 0.343 e. The van der Waals surface area contributed by atoms with Crippen LogP contribution in [0.5, 0.6) is 0 Å². The van der Waals surface area contributed by atoms with Gasteiger partial charge in [-0.25, -0.2) is 9.89 Å². The number of thioether (sulfide) groups is 1. The van der Waals surface area contributed by atoms with Crippen LogP contribution in [0, 0.1) is 5.92 Å². The maximum atomic E-state index is 11.6. The Hall–Kier alpha value is -1.24. The molecule has 0 atom stereocenters. The summed E-state index contributed by atoms with van der Waals surface area (Å²) in [5.74, 6) is -0.457. The van der Waals surface area contributed by atoms with E-state index in [1.807, 2.05) is 0 Å². The van der Waals surface area contributed by atoms with E-state index >= 15 is 0 Å². The lowest BCUT2D eigenvalue weighted by Gasteiger charge is -2.10. The third-order valence-electron chi connectivity index (χ3n) is 2.96. The van der Waals surface area contributed by atoms with Gasteiger partial charge in [-0.2, -0.15) is 0 Å². The highest BCUT2D eigenvalue weighted by Gasteiger charge is 2.19. The molecule has 1 aliphatic rings. The van der Waals surface area contributed by atoms with Gasteiger partial charge >= 0.3 is 11.7 Å². The van der Waals surface area contributed by atoms with Crippen LogP contribution in [-0.4, -0.2) is 31.6 Å². The van der Waals surface area contributed by atoms with Gasteiger partial charge in [-0.3, -0.25) is 9.36 Å². The number of hydrogen-bond donors (Lipinski definition) is 2. The molecule has 1 heterocycles. The highest BCUT2D eigenvalue weighted by molar-refractivity contribution is 7.99. The van der Waals surface area contributed by atoms with Crippen molar-refractivity contribution >= 4 is 17.7 Å². The number of aromatic nitrogens is 3. The van der Waals surface area contributed by atoms with E-state index in [1.54, 1.807) is 4.57 Å². The van der Waals surface area contributed by atoms with Gasteiger partial charge in [0.15, 0.2) is 5.16 Å². The topological polar surface area (TPSA) is 88.0 Å². The molecule has 7 heteroatoms. The SMILES string of the molecule is O=C(O)CSc1n[nH]c(=O)n1CC1CCCC1. The number of rotatable bonds is 5. The first-order valence-corrected chi connectivity index (χ1v) is 6.65. The van der Waals surface area contributed by atoms with Crippen LogP contribution in [0.15, 0.2) is 9.95 Å². The lowest BCUT2D eigenvalue weighted by Crippen LogP contribution is -2.21. The molecular weight excluding hydrogens is 242 g/mol. The van der Waals surface area contributed by atoms with Crippen LogP contribution in [0.25, 0.3) is 0 Å². The van der Waals surface area contributed by atoms with Gasteiger partial charge in [0.2, 0.25) is 0 Å². The third-order valence-corrected chi connectivity index (χ3v) is 3.92. The van der Waals surface area contributed by atoms with Gasteiger partial charge in [0.25, 0.3) is 0 Å². The number of nitrogens with zero attached hydrogens (tertiary/aromatic N) is 2. The van der Waals surface area contributed by atoms with Crippen molar-refractivity contribution in [3.05, 3.63) is 10.5 Å². The molecule has 1 saturated carbocycles. The summed E-state index contributed by atoms with van der Waals surface area (Å²) in [6.07, 6.45) is 4.71. The Morgan fingerprint density at radius 2 is 2.24 bits per heavy atom. The molecule has 1 fully saturated rings. The summed E-state index contributed by atoms with van der Waals surface area (Å²) in [5.41, 5.74) is -0.246. The average Bonchev–Trinajstić information content (AvgIpc) is 2.89. The van der Waals surface area contributed by atoms with Crippen molar-refractivity contribution in [3.8, 4) is 0 Å². The first-order valence-electron chi connectivity index (χ1n) is 5.66. The molecule has 0 saturated heterocycles. The Bertz CT molecular complexity index is 448. The summed E-state index contributed by atoms with van der Waals surface area (Å²) in [6.45, 7) is 0.650. The van der Waals surface area contributed by atoms with Gasteiger partial charge in [-0.1, -0.05) is 24.6 Å². The summed E-state index contributed by atoms with van der Waals surface area (Å²) in [5, 5.41) is 15.3. The van der Waals surface area contributed by atoms with Crippen LogP contribution in [0.3, 0.4) is 0 Å². The highest BCUT2D eigenvalue weighted by Crippen LogP contribution is 2.26. The molecule has 94 valence electrons. The predicted octanol–water partition coefficient (Wildman–Crippen LogP) is 0.938. The number of H-pyrrole nitrogens is 1. The predicted molar refractivity (Wildman–Crippen MR) is 63.2 cm³/mol. The Morgan fingerprint density at radius 3 is 2.88 bits per heavy atom. The monoisotopic (exact) mass is 257 g/mol. The molecule has 0 radical (unpaired) electrons. The number of aliphatic carboxylic acids is 1. The molecule has 0 aliphatic heterocycles. The fourth-order valence-corrected chi connectivity index (χ4v) is 2.83. The number of nitrogens with one attached hydrogen (secondary N) is 1. The van der Waals surface area contributed by atoms with Crippen molar-refractivity contribution in [1.82, 2.24) is 14.8 Å². The first-order chi connectivity index (χ1) is 8.16. The van der Waals surface area contributed by atoms with Crippen LogP contribution in [0.1, 0.15) is 25.7 Å². The van der Waals surface area contributed by atoms with E-state index < -0.39 is 5.97 Å². The number of carboxylic acid groups (broad SMARTS) is 1. The van der Waals surface area contributed by atoms with Crippen molar-refractivity contribution in [2.75, 3.05) is 5.75 Å². The van der Waals surface area contributed by atoms with Crippen molar-refractivity contribution in [1.29, 1.82) is 0 Å². The number of carbonyl (C=O) groups is 1. The van der Waals surface area contributed by atoms with Gasteiger partial charge in [0.05, 0.1) is 5.75 Å². The minimum atomic E-state index is -0.905. The van der Waals surface area contributed by atoms with E-state index in [1.165, 1.54) is 12.8 Å². The van der Waals surface area contributed by atoms with Gasteiger partial charge in [-0.15, -0.1) is 5.10 Å². The zero-order valence-corrected chi connectivity index (χ0v) is 10.2. The van der Waals surface area contributed by atoms with Crippen LogP contribution in [0.2, 0.25) is 0 Å². The zero-order valence-electron chi connectivity index (χ0n) is 9.39. The Kier molecular flexibility index (Phi) is 3.88. The second-order valence-corrected chi connectivity index (χ2v) is 5.20. The minimum absolute atomic E-state index is 0.0744. The summed E-state index contributed by atoms with van der Waals surface area (Å²) >= 11 is 1.08. The number of carboxylic acids is 1. The molecule has 0 amide bonds.